The Balaban J connectivity index is 0. The van der Waals surface area contributed by atoms with Crippen LogP contribution >= 0.6 is 30.3 Å². The molecule has 0 atom stereocenters. The third-order valence-corrected chi connectivity index (χ3v) is 4.50. The summed E-state index contributed by atoms with van der Waals surface area (Å²) in [7, 11) is 1.69. The van der Waals surface area contributed by atoms with Gasteiger partial charge >= 0.3 is 0 Å². The summed E-state index contributed by atoms with van der Waals surface area (Å²) < 4.78 is 13.4. The molecule has 0 N–H and O–H groups in total. The molecule has 124 valence electrons. The van der Waals surface area contributed by atoms with Crippen LogP contribution in [0, 0.1) is 0 Å². The molecule has 0 saturated heterocycles. The number of benzene rings is 1. The SMILES string of the molecule is C.CC.CCOC(CN(Cc1ccccc1)SI)OCC. The van der Waals surface area contributed by atoms with E-state index >= 15 is 0 Å². The normalized spacial score (nSPS) is 10.0. The van der Waals surface area contributed by atoms with Gasteiger partial charge in [-0.3, -0.25) is 0 Å². The molecule has 3 nitrogen and oxygen atoms in total. The number of halogens is 1. The Morgan fingerprint density at radius 1 is 1.10 bits per heavy atom. The molecule has 0 heterocycles. The highest BCUT2D eigenvalue weighted by atomic mass is 127. The molecule has 21 heavy (non-hydrogen) atoms. The molecule has 0 aliphatic carbocycles. The summed E-state index contributed by atoms with van der Waals surface area (Å²) >= 11 is 2.30. The van der Waals surface area contributed by atoms with Crippen molar-refractivity contribution in [3.63, 3.8) is 0 Å². The van der Waals surface area contributed by atoms with Crippen molar-refractivity contribution in [3.05, 3.63) is 35.9 Å². The van der Waals surface area contributed by atoms with Gasteiger partial charge in [0.25, 0.3) is 0 Å². The van der Waals surface area contributed by atoms with Gasteiger partial charge in [-0.25, -0.2) is 4.31 Å². The van der Waals surface area contributed by atoms with Crippen molar-refractivity contribution in [2.24, 2.45) is 0 Å². The van der Waals surface area contributed by atoms with E-state index in [1.54, 1.807) is 9.12 Å². The largest absolute Gasteiger partial charge is 0.352 e. The van der Waals surface area contributed by atoms with Crippen LogP contribution in [0.2, 0.25) is 0 Å². The van der Waals surface area contributed by atoms with E-state index in [9.17, 15) is 0 Å². The molecule has 1 aromatic rings. The van der Waals surface area contributed by atoms with Crippen LogP contribution < -0.4 is 0 Å². The van der Waals surface area contributed by atoms with E-state index in [-0.39, 0.29) is 13.7 Å². The van der Waals surface area contributed by atoms with Crippen molar-refractivity contribution in [2.75, 3.05) is 19.8 Å². The molecule has 1 aromatic carbocycles. The monoisotopic (exact) mass is 427 g/mol. The van der Waals surface area contributed by atoms with Crippen LogP contribution in [0.25, 0.3) is 0 Å². The lowest BCUT2D eigenvalue weighted by molar-refractivity contribution is -0.140. The standard InChI is InChI=1S/C13H20INO2S.C2H6.CH4/c1-3-16-13(17-4-2)11-15(18-14)10-12-8-6-5-7-9-12;1-2;/h5-9,13H,3-4,10-11H2,1-2H3;1-2H3;1H4. The van der Waals surface area contributed by atoms with E-state index in [2.05, 4.69) is 49.8 Å². The lowest BCUT2D eigenvalue weighted by Crippen LogP contribution is -2.31. The second-order valence-electron chi connectivity index (χ2n) is 3.72. The van der Waals surface area contributed by atoms with Crippen LogP contribution in [-0.4, -0.2) is 30.4 Å². The predicted octanol–water partition coefficient (Wildman–Crippen LogP) is 5.55. The third kappa shape index (κ3) is 11.4. The molecule has 0 aliphatic heterocycles. The molecule has 1 rings (SSSR count). The van der Waals surface area contributed by atoms with Gasteiger partial charge in [-0.15, -0.1) is 0 Å². The van der Waals surface area contributed by atoms with Gasteiger partial charge in [0.1, 0.15) is 0 Å². The Labute approximate surface area is 147 Å². The van der Waals surface area contributed by atoms with Crippen molar-refractivity contribution >= 4 is 30.3 Å². The predicted molar refractivity (Wildman–Crippen MR) is 104 cm³/mol. The van der Waals surface area contributed by atoms with Gasteiger partial charge < -0.3 is 9.47 Å². The highest BCUT2D eigenvalue weighted by Gasteiger charge is 2.14. The summed E-state index contributed by atoms with van der Waals surface area (Å²) in [5.74, 6) is 0. The van der Waals surface area contributed by atoms with Crippen molar-refractivity contribution in [1.82, 2.24) is 4.31 Å². The summed E-state index contributed by atoms with van der Waals surface area (Å²) in [5, 5.41) is 0. The highest BCUT2D eigenvalue weighted by molar-refractivity contribution is 14.2. The van der Waals surface area contributed by atoms with E-state index in [4.69, 9.17) is 9.47 Å². The van der Waals surface area contributed by atoms with Gasteiger partial charge in [0.2, 0.25) is 0 Å². The second-order valence-corrected chi connectivity index (χ2v) is 5.55. The topological polar surface area (TPSA) is 21.7 Å². The van der Waals surface area contributed by atoms with Crippen LogP contribution in [0.3, 0.4) is 0 Å². The molecule has 0 aromatic heterocycles. The fourth-order valence-corrected chi connectivity index (χ4v) is 2.87. The summed E-state index contributed by atoms with van der Waals surface area (Å²) in [5.41, 5.74) is 1.30. The Kier molecular flexibility index (Phi) is 18.5. The fourth-order valence-electron chi connectivity index (χ4n) is 1.60. The first kappa shape index (κ1) is 23.4. The number of hydrogen-bond donors (Lipinski definition) is 0. The summed E-state index contributed by atoms with van der Waals surface area (Å²) in [4.78, 5) is 0. The zero-order chi connectivity index (χ0) is 15.2. The van der Waals surface area contributed by atoms with Crippen molar-refractivity contribution in [2.45, 2.75) is 48.0 Å². The maximum absolute atomic E-state index is 5.57. The van der Waals surface area contributed by atoms with E-state index < -0.39 is 0 Å². The molecule has 0 spiro atoms. The molecular weight excluding hydrogens is 397 g/mol. The summed E-state index contributed by atoms with van der Waals surface area (Å²) in [6.45, 7) is 11.0. The van der Waals surface area contributed by atoms with E-state index in [0.717, 1.165) is 13.1 Å². The van der Waals surface area contributed by atoms with Gasteiger partial charge in [-0.2, -0.15) is 0 Å². The van der Waals surface area contributed by atoms with Gasteiger partial charge in [0.15, 0.2) is 6.29 Å². The molecule has 0 saturated carbocycles. The minimum absolute atomic E-state index is 0. The zero-order valence-electron chi connectivity index (χ0n) is 12.8. The molecule has 0 unspecified atom stereocenters. The lowest BCUT2D eigenvalue weighted by Gasteiger charge is -2.24. The number of rotatable bonds is 9. The average molecular weight is 427 g/mol. The minimum atomic E-state index is -0.147. The maximum atomic E-state index is 5.57. The molecule has 0 fully saturated rings. The Morgan fingerprint density at radius 3 is 2.05 bits per heavy atom. The molecule has 5 heteroatoms. The van der Waals surface area contributed by atoms with E-state index in [0.29, 0.717) is 13.2 Å². The third-order valence-electron chi connectivity index (χ3n) is 2.36. The fraction of sp³-hybridized carbons (Fsp3) is 0.625. The van der Waals surface area contributed by atoms with Crippen molar-refractivity contribution in [1.29, 1.82) is 0 Å². The van der Waals surface area contributed by atoms with Gasteiger partial charge in [0.05, 0.1) is 6.54 Å². The average Bonchev–Trinajstić information content (AvgIpc) is 2.50. The van der Waals surface area contributed by atoms with Crippen LogP contribution in [-0.2, 0) is 16.0 Å². The molecule has 0 bridgehead atoms. The zero-order valence-corrected chi connectivity index (χ0v) is 15.8. The Hall–Kier alpha value is 0.180. The lowest BCUT2D eigenvalue weighted by atomic mass is 10.2. The Morgan fingerprint density at radius 2 is 1.62 bits per heavy atom. The van der Waals surface area contributed by atoms with Gasteiger partial charge in [-0.1, -0.05) is 51.6 Å². The van der Waals surface area contributed by atoms with Crippen LogP contribution in [0.1, 0.15) is 40.7 Å². The number of hydrogen-bond acceptors (Lipinski definition) is 4. The van der Waals surface area contributed by atoms with Crippen LogP contribution in [0.4, 0.5) is 0 Å². The second kappa shape index (κ2) is 16.5. The number of nitrogens with zero attached hydrogens (tertiary/aromatic N) is 1. The molecule has 0 amide bonds. The quantitative estimate of drug-likeness (QED) is 0.293. The van der Waals surface area contributed by atoms with E-state index in [1.165, 1.54) is 5.56 Å². The minimum Gasteiger partial charge on any atom is -0.352 e. The molecule has 0 aliphatic rings. The van der Waals surface area contributed by atoms with Gasteiger partial charge in [0, 0.05) is 41.0 Å². The van der Waals surface area contributed by atoms with Gasteiger partial charge in [-0.05, 0) is 28.5 Å². The summed E-state index contributed by atoms with van der Waals surface area (Å²) in [6, 6.07) is 10.4. The first-order valence-corrected chi connectivity index (χ1v) is 10.4. The number of ether oxygens (including phenoxy) is 2. The van der Waals surface area contributed by atoms with E-state index in [1.807, 2.05) is 33.8 Å². The maximum Gasteiger partial charge on any atom is 0.171 e. The Bertz CT molecular complexity index is 308. The van der Waals surface area contributed by atoms with Crippen LogP contribution in [0.15, 0.2) is 30.3 Å². The smallest absolute Gasteiger partial charge is 0.171 e. The highest BCUT2D eigenvalue weighted by Crippen LogP contribution is 2.22. The van der Waals surface area contributed by atoms with Crippen LogP contribution in [0.5, 0.6) is 0 Å². The molecule has 0 radical (unpaired) electrons. The first-order valence-electron chi connectivity index (χ1n) is 7.10. The first-order chi connectivity index (χ1) is 9.80. The molecular formula is C16H30INO2S. The van der Waals surface area contributed by atoms with Crippen molar-refractivity contribution < 1.29 is 9.47 Å². The summed E-state index contributed by atoms with van der Waals surface area (Å²) in [6.07, 6.45) is -0.147. The van der Waals surface area contributed by atoms with Crippen molar-refractivity contribution in [3.8, 4) is 0 Å².